The SMILES string of the molecule is Nc1nc(-c2cc3ncn(CCC[C@H](COC(F)F)Nc4cn[nH]c(=O)c4C(F)(F)F)c(=O)c3cc2F)ncc1C(F)(F)F. The number of nitrogens with two attached hydrogens (primary N) is 1. The Bertz CT molecular complexity index is 1770. The molecule has 11 nitrogen and oxygen atoms in total. The van der Waals surface area contributed by atoms with Gasteiger partial charge in [-0.3, -0.25) is 14.2 Å². The molecule has 0 fully saturated rings. The molecule has 0 radical (unpaired) electrons. The van der Waals surface area contributed by atoms with Gasteiger partial charge in [0.15, 0.2) is 5.82 Å². The van der Waals surface area contributed by atoms with Crippen LogP contribution in [0.15, 0.2) is 40.4 Å². The van der Waals surface area contributed by atoms with Crippen LogP contribution in [0, 0.1) is 5.82 Å². The molecule has 0 unspecified atom stereocenters. The van der Waals surface area contributed by atoms with E-state index in [1.807, 2.05) is 0 Å². The van der Waals surface area contributed by atoms with Gasteiger partial charge in [0.25, 0.3) is 11.1 Å². The maximum absolute atomic E-state index is 14.9. The third-order valence-corrected chi connectivity index (χ3v) is 6.15. The molecule has 3 aromatic heterocycles. The zero-order valence-electron chi connectivity index (χ0n) is 21.8. The van der Waals surface area contributed by atoms with Crippen LogP contribution in [0.25, 0.3) is 22.3 Å². The summed E-state index contributed by atoms with van der Waals surface area (Å²) < 4.78 is 125. The molecule has 4 N–H and O–H groups in total. The van der Waals surface area contributed by atoms with Crippen LogP contribution in [0.5, 0.6) is 0 Å². The number of ether oxygens (including phenoxy) is 1. The van der Waals surface area contributed by atoms with Crippen molar-refractivity contribution in [2.45, 2.75) is 44.4 Å². The van der Waals surface area contributed by atoms with Gasteiger partial charge < -0.3 is 15.8 Å². The number of hydrogen-bond donors (Lipinski definition) is 3. The average molecular weight is 638 g/mol. The van der Waals surface area contributed by atoms with Crippen molar-refractivity contribution < 1.29 is 44.3 Å². The second kappa shape index (κ2) is 12.5. The maximum Gasteiger partial charge on any atom is 0.423 e. The lowest BCUT2D eigenvalue weighted by atomic mass is 10.1. The summed E-state index contributed by atoms with van der Waals surface area (Å²) in [6, 6.07) is 0.607. The quantitative estimate of drug-likeness (QED) is 0.217. The number of nitrogen functional groups attached to an aromatic ring is 1. The molecule has 3 heterocycles. The van der Waals surface area contributed by atoms with Crippen molar-refractivity contribution in [3.05, 3.63) is 68.5 Å². The molecule has 0 bridgehead atoms. The first-order valence-electron chi connectivity index (χ1n) is 12.3. The fourth-order valence-electron chi connectivity index (χ4n) is 4.16. The van der Waals surface area contributed by atoms with Gasteiger partial charge in [-0.2, -0.15) is 40.2 Å². The molecular formula is C24H19F9N8O3. The van der Waals surface area contributed by atoms with Gasteiger partial charge in [-0.15, -0.1) is 0 Å². The van der Waals surface area contributed by atoms with Gasteiger partial charge >= 0.3 is 19.0 Å². The topological polar surface area (TPSA) is 154 Å². The number of fused-ring (bicyclic) bond motifs is 1. The van der Waals surface area contributed by atoms with E-state index in [0.29, 0.717) is 12.4 Å². The van der Waals surface area contributed by atoms with Gasteiger partial charge in [-0.05, 0) is 25.0 Å². The molecule has 236 valence electrons. The number of rotatable bonds is 10. The molecule has 1 aromatic carbocycles. The molecular weight excluding hydrogens is 619 g/mol. The Morgan fingerprint density at radius 1 is 1.05 bits per heavy atom. The summed E-state index contributed by atoms with van der Waals surface area (Å²) in [6.45, 7) is -4.19. The predicted molar refractivity (Wildman–Crippen MR) is 135 cm³/mol. The molecule has 4 rings (SSSR count). The smallest absolute Gasteiger partial charge is 0.383 e. The van der Waals surface area contributed by atoms with Crippen molar-refractivity contribution in [1.29, 1.82) is 0 Å². The van der Waals surface area contributed by atoms with Gasteiger partial charge in [-0.1, -0.05) is 0 Å². The highest BCUT2D eigenvalue weighted by molar-refractivity contribution is 5.82. The third-order valence-electron chi connectivity index (χ3n) is 6.15. The number of nitrogens with one attached hydrogen (secondary N) is 2. The number of anilines is 2. The molecule has 0 saturated heterocycles. The van der Waals surface area contributed by atoms with Crippen LogP contribution in [-0.2, 0) is 23.6 Å². The fourth-order valence-corrected chi connectivity index (χ4v) is 4.16. The van der Waals surface area contributed by atoms with E-state index in [1.54, 1.807) is 5.10 Å². The normalized spacial score (nSPS) is 13.0. The van der Waals surface area contributed by atoms with E-state index >= 15 is 0 Å². The Morgan fingerprint density at radius 3 is 2.41 bits per heavy atom. The Morgan fingerprint density at radius 2 is 1.77 bits per heavy atom. The highest BCUT2D eigenvalue weighted by atomic mass is 19.4. The average Bonchev–Trinajstić information content (AvgIpc) is 2.91. The van der Waals surface area contributed by atoms with Gasteiger partial charge in [0.2, 0.25) is 0 Å². The van der Waals surface area contributed by atoms with E-state index in [-0.39, 0.29) is 35.9 Å². The first kappa shape index (κ1) is 32.2. The van der Waals surface area contributed by atoms with Crippen LogP contribution < -0.4 is 22.2 Å². The van der Waals surface area contributed by atoms with Crippen LogP contribution >= 0.6 is 0 Å². The van der Waals surface area contributed by atoms with Crippen molar-refractivity contribution in [1.82, 2.24) is 29.7 Å². The number of hydrogen-bond acceptors (Lipinski definition) is 9. The maximum atomic E-state index is 14.9. The van der Waals surface area contributed by atoms with Crippen LogP contribution in [0.2, 0.25) is 0 Å². The zero-order chi connectivity index (χ0) is 32.4. The van der Waals surface area contributed by atoms with Crippen molar-refractivity contribution in [2.24, 2.45) is 0 Å². The van der Waals surface area contributed by atoms with Gasteiger partial charge in [0.05, 0.1) is 41.3 Å². The summed E-state index contributed by atoms with van der Waals surface area (Å²) in [5.74, 6) is -2.51. The Balaban J connectivity index is 1.54. The number of H-pyrrole nitrogens is 1. The molecule has 0 aliphatic carbocycles. The summed E-state index contributed by atoms with van der Waals surface area (Å²) in [4.78, 5) is 35.7. The Kier molecular flexibility index (Phi) is 9.11. The van der Waals surface area contributed by atoms with Crippen LogP contribution in [0.1, 0.15) is 24.0 Å². The highest BCUT2D eigenvalue weighted by Gasteiger charge is 2.38. The number of alkyl halides is 8. The third kappa shape index (κ3) is 7.24. The molecule has 4 aromatic rings. The fraction of sp³-hybridized carbons (Fsp3) is 0.333. The van der Waals surface area contributed by atoms with E-state index < -0.39 is 77.0 Å². The number of halogens is 9. The summed E-state index contributed by atoms with van der Waals surface area (Å²) in [5, 5.41) is 7.02. The van der Waals surface area contributed by atoms with Crippen molar-refractivity contribution in [2.75, 3.05) is 17.7 Å². The zero-order valence-corrected chi connectivity index (χ0v) is 21.8. The van der Waals surface area contributed by atoms with E-state index in [4.69, 9.17) is 5.73 Å². The summed E-state index contributed by atoms with van der Waals surface area (Å²) in [6.07, 6.45) is -8.02. The van der Waals surface area contributed by atoms with Gasteiger partial charge in [-0.25, -0.2) is 24.4 Å². The van der Waals surface area contributed by atoms with E-state index in [9.17, 15) is 49.1 Å². The van der Waals surface area contributed by atoms with Crippen LogP contribution in [0.4, 0.5) is 51.0 Å². The minimum Gasteiger partial charge on any atom is -0.383 e. The predicted octanol–water partition coefficient (Wildman–Crippen LogP) is 4.20. The number of nitrogens with zero attached hydrogens (tertiary/aromatic N) is 5. The second-order valence-electron chi connectivity index (χ2n) is 9.15. The molecule has 1 atom stereocenters. The molecule has 0 aliphatic rings. The van der Waals surface area contributed by atoms with Gasteiger partial charge in [0.1, 0.15) is 22.8 Å². The first-order chi connectivity index (χ1) is 20.6. The lowest BCUT2D eigenvalue weighted by molar-refractivity contribution is -0.139. The Labute approximate surface area is 238 Å². The highest BCUT2D eigenvalue weighted by Crippen LogP contribution is 2.34. The van der Waals surface area contributed by atoms with Crippen molar-refractivity contribution >= 4 is 22.4 Å². The van der Waals surface area contributed by atoms with E-state index in [1.165, 1.54) is 0 Å². The minimum atomic E-state index is -5.10. The largest absolute Gasteiger partial charge is 0.423 e. The van der Waals surface area contributed by atoms with Crippen LogP contribution in [0.3, 0.4) is 0 Å². The van der Waals surface area contributed by atoms with Crippen molar-refractivity contribution in [3.63, 3.8) is 0 Å². The minimum absolute atomic E-state index is 0.0193. The van der Waals surface area contributed by atoms with Crippen molar-refractivity contribution in [3.8, 4) is 11.4 Å². The Hall–Kier alpha value is -4.75. The van der Waals surface area contributed by atoms with Gasteiger partial charge in [0, 0.05) is 18.8 Å². The van der Waals surface area contributed by atoms with E-state index in [0.717, 1.165) is 23.0 Å². The van der Waals surface area contributed by atoms with Crippen LogP contribution in [-0.4, -0.2) is 49.0 Å². The lowest BCUT2D eigenvalue weighted by Crippen LogP contribution is -2.32. The molecule has 0 spiro atoms. The monoisotopic (exact) mass is 638 g/mol. The molecule has 44 heavy (non-hydrogen) atoms. The summed E-state index contributed by atoms with van der Waals surface area (Å²) in [7, 11) is 0. The van der Waals surface area contributed by atoms with E-state index in [2.05, 4.69) is 30.1 Å². The summed E-state index contributed by atoms with van der Waals surface area (Å²) in [5.41, 5.74) is -1.17. The molecule has 0 aliphatic heterocycles. The number of aromatic nitrogens is 6. The molecule has 20 heteroatoms. The second-order valence-corrected chi connectivity index (χ2v) is 9.15. The number of benzene rings is 1. The number of aromatic amines is 1. The molecule has 0 saturated carbocycles. The first-order valence-corrected chi connectivity index (χ1v) is 12.3. The summed E-state index contributed by atoms with van der Waals surface area (Å²) >= 11 is 0. The lowest BCUT2D eigenvalue weighted by Gasteiger charge is -2.22. The number of aryl methyl sites for hydroxylation is 1. The molecule has 0 amide bonds. The standard InChI is InChI=1S/C24H19F9N8O3/c25-14-4-12-15(5-11(14)19-35-6-13(18(34)39-19)23(28,29)30)36-9-41(21(12)43)3-1-2-10(8-44-22(26)27)38-16-7-37-40-20(42)17(16)24(31,32)33/h4-7,9-10,22H,1-3,8H2,(H2,34,35,39)(H2,38,40,42)/t10-/m1/s1.